The molecule has 2 amide bonds. The number of aryl methyl sites for hydroxylation is 2. The summed E-state index contributed by atoms with van der Waals surface area (Å²) in [5.41, 5.74) is 3.67. The van der Waals surface area contributed by atoms with Crippen LogP contribution in [0.1, 0.15) is 17.5 Å². The summed E-state index contributed by atoms with van der Waals surface area (Å²) >= 11 is 3.46. The Bertz CT molecular complexity index is 766. The molecule has 0 unspecified atom stereocenters. The normalized spacial score (nSPS) is 17.2. The average Bonchev–Trinajstić information content (AvgIpc) is 2.93. The van der Waals surface area contributed by atoms with Gasteiger partial charge in [0.1, 0.15) is 0 Å². The van der Waals surface area contributed by atoms with Crippen LogP contribution < -0.4 is 10.2 Å². The largest absolute Gasteiger partial charge is 0.325 e. The molecule has 5 heteroatoms. The van der Waals surface area contributed by atoms with Crippen molar-refractivity contribution in [3.8, 4) is 0 Å². The Balaban J connectivity index is 1.74. The molecular weight excluding hydrogens is 368 g/mol. The summed E-state index contributed by atoms with van der Waals surface area (Å²) in [5, 5.41) is 3.00. The first kappa shape index (κ1) is 16.7. The van der Waals surface area contributed by atoms with Crippen LogP contribution in [0.2, 0.25) is 0 Å². The Morgan fingerprint density at radius 3 is 2.42 bits per heavy atom. The van der Waals surface area contributed by atoms with Gasteiger partial charge in [0.05, 0.1) is 5.92 Å². The molecule has 2 aromatic carbocycles. The van der Waals surface area contributed by atoms with Crippen LogP contribution >= 0.6 is 15.9 Å². The van der Waals surface area contributed by atoms with Crippen molar-refractivity contribution in [1.82, 2.24) is 0 Å². The molecule has 0 saturated carbocycles. The minimum absolute atomic E-state index is 0.00870. The van der Waals surface area contributed by atoms with Crippen molar-refractivity contribution in [2.45, 2.75) is 20.3 Å². The first-order chi connectivity index (χ1) is 11.5. The van der Waals surface area contributed by atoms with Gasteiger partial charge >= 0.3 is 0 Å². The Kier molecular flexibility index (Phi) is 4.71. The van der Waals surface area contributed by atoms with E-state index in [2.05, 4.69) is 21.2 Å². The fourth-order valence-electron chi connectivity index (χ4n) is 3.07. The van der Waals surface area contributed by atoms with Crippen LogP contribution in [0.4, 0.5) is 11.4 Å². The number of benzene rings is 2. The number of halogens is 1. The second-order valence-corrected chi connectivity index (χ2v) is 7.06. The van der Waals surface area contributed by atoms with E-state index in [-0.39, 0.29) is 24.2 Å². The van der Waals surface area contributed by atoms with Gasteiger partial charge in [-0.15, -0.1) is 0 Å². The van der Waals surface area contributed by atoms with Gasteiger partial charge in [-0.3, -0.25) is 9.59 Å². The lowest BCUT2D eigenvalue weighted by Gasteiger charge is -2.17. The standard InChI is InChI=1S/C19H19BrN2O2/c1-12-8-15(20)9-13(2)18(12)21-19(24)14-10-17(23)22(11-14)16-6-4-3-5-7-16/h3-9,14H,10-11H2,1-2H3,(H,21,24)/t14-/m0/s1. The van der Waals surface area contributed by atoms with E-state index in [0.717, 1.165) is 27.0 Å². The molecule has 3 rings (SSSR count). The highest BCUT2D eigenvalue weighted by molar-refractivity contribution is 9.10. The van der Waals surface area contributed by atoms with E-state index >= 15 is 0 Å². The number of carbonyl (C=O) groups excluding carboxylic acids is 2. The lowest BCUT2D eigenvalue weighted by atomic mass is 10.1. The van der Waals surface area contributed by atoms with Gasteiger partial charge in [-0.05, 0) is 49.2 Å². The predicted octanol–water partition coefficient (Wildman–Crippen LogP) is 4.06. The molecule has 1 aliphatic heterocycles. The molecule has 1 saturated heterocycles. The maximum Gasteiger partial charge on any atom is 0.229 e. The third-order valence-electron chi connectivity index (χ3n) is 4.31. The molecule has 1 heterocycles. The van der Waals surface area contributed by atoms with Crippen LogP contribution in [0.3, 0.4) is 0 Å². The molecule has 0 aliphatic carbocycles. The van der Waals surface area contributed by atoms with Crippen LogP contribution in [0, 0.1) is 19.8 Å². The SMILES string of the molecule is Cc1cc(Br)cc(C)c1NC(=O)[C@H]1CC(=O)N(c2ccccc2)C1. The van der Waals surface area contributed by atoms with Crippen molar-refractivity contribution < 1.29 is 9.59 Å². The molecule has 0 bridgehead atoms. The monoisotopic (exact) mass is 386 g/mol. The van der Waals surface area contributed by atoms with E-state index in [1.54, 1.807) is 4.90 Å². The predicted molar refractivity (Wildman–Crippen MR) is 99.1 cm³/mol. The molecule has 1 N–H and O–H groups in total. The van der Waals surface area contributed by atoms with Crippen molar-refractivity contribution >= 4 is 39.1 Å². The van der Waals surface area contributed by atoms with Gasteiger partial charge in [-0.25, -0.2) is 0 Å². The highest BCUT2D eigenvalue weighted by atomic mass is 79.9. The number of carbonyl (C=O) groups is 2. The summed E-state index contributed by atoms with van der Waals surface area (Å²) in [4.78, 5) is 26.6. The number of para-hydroxylation sites is 1. The van der Waals surface area contributed by atoms with E-state index in [1.165, 1.54) is 0 Å². The smallest absolute Gasteiger partial charge is 0.229 e. The molecule has 1 atom stereocenters. The lowest BCUT2D eigenvalue weighted by molar-refractivity contribution is -0.122. The number of rotatable bonds is 3. The van der Waals surface area contributed by atoms with E-state index < -0.39 is 0 Å². The minimum Gasteiger partial charge on any atom is -0.325 e. The number of nitrogens with one attached hydrogen (secondary N) is 1. The third-order valence-corrected chi connectivity index (χ3v) is 4.77. The number of nitrogens with zero attached hydrogens (tertiary/aromatic N) is 1. The maximum atomic E-state index is 12.6. The van der Waals surface area contributed by atoms with Crippen LogP contribution in [0.25, 0.3) is 0 Å². The van der Waals surface area contributed by atoms with Crippen LogP contribution in [0.15, 0.2) is 46.9 Å². The topological polar surface area (TPSA) is 49.4 Å². The van der Waals surface area contributed by atoms with E-state index in [0.29, 0.717) is 6.54 Å². The summed E-state index contributed by atoms with van der Waals surface area (Å²) in [6.07, 6.45) is 0.245. The van der Waals surface area contributed by atoms with Gasteiger partial charge in [0.25, 0.3) is 0 Å². The number of anilines is 2. The van der Waals surface area contributed by atoms with Gasteiger partial charge in [0.15, 0.2) is 0 Å². The Morgan fingerprint density at radius 2 is 1.79 bits per heavy atom. The van der Waals surface area contributed by atoms with Gasteiger partial charge in [-0.1, -0.05) is 34.1 Å². The van der Waals surface area contributed by atoms with E-state index in [1.807, 2.05) is 56.3 Å². The maximum absolute atomic E-state index is 12.6. The van der Waals surface area contributed by atoms with Crippen LogP contribution in [-0.2, 0) is 9.59 Å². The fourth-order valence-corrected chi connectivity index (χ4v) is 3.76. The Labute approximate surface area is 150 Å². The molecule has 0 spiro atoms. The van der Waals surface area contributed by atoms with Crippen molar-refractivity contribution in [3.63, 3.8) is 0 Å². The Hall–Kier alpha value is -2.14. The average molecular weight is 387 g/mol. The second kappa shape index (κ2) is 6.77. The molecule has 4 nitrogen and oxygen atoms in total. The second-order valence-electron chi connectivity index (χ2n) is 6.14. The molecule has 124 valence electrons. The first-order valence-electron chi connectivity index (χ1n) is 7.88. The molecule has 0 radical (unpaired) electrons. The summed E-state index contributed by atoms with van der Waals surface area (Å²) in [7, 11) is 0. The summed E-state index contributed by atoms with van der Waals surface area (Å²) in [6.45, 7) is 4.34. The zero-order valence-electron chi connectivity index (χ0n) is 13.7. The first-order valence-corrected chi connectivity index (χ1v) is 8.68. The number of hydrogen-bond donors (Lipinski definition) is 1. The van der Waals surface area contributed by atoms with Crippen molar-refractivity contribution in [2.75, 3.05) is 16.8 Å². The van der Waals surface area contributed by atoms with Crippen LogP contribution in [-0.4, -0.2) is 18.4 Å². The number of amides is 2. The molecule has 1 aliphatic rings. The van der Waals surface area contributed by atoms with Gasteiger partial charge < -0.3 is 10.2 Å². The fraction of sp³-hybridized carbons (Fsp3) is 0.263. The highest BCUT2D eigenvalue weighted by Gasteiger charge is 2.35. The molecule has 2 aromatic rings. The summed E-state index contributed by atoms with van der Waals surface area (Å²) in [6, 6.07) is 13.4. The van der Waals surface area contributed by atoms with Crippen LogP contribution in [0.5, 0.6) is 0 Å². The van der Waals surface area contributed by atoms with E-state index in [4.69, 9.17) is 0 Å². The summed E-state index contributed by atoms with van der Waals surface area (Å²) in [5.74, 6) is -0.443. The minimum atomic E-state index is -0.333. The van der Waals surface area contributed by atoms with E-state index in [9.17, 15) is 9.59 Å². The number of hydrogen-bond acceptors (Lipinski definition) is 2. The van der Waals surface area contributed by atoms with Crippen molar-refractivity contribution in [3.05, 3.63) is 58.1 Å². The lowest BCUT2D eigenvalue weighted by Crippen LogP contribution is -2.28. The molecule has 24 heavy (non-hydrogen) atoms. The molecule has 1 fully saturated rings. The van der Waals surface area contributed by atoms with Gasteiger partial charge in [-0.2, -0.15) is 0 Å². The Morgan fingerprint density at radius 1 is 1.17 bits per heavy atom. The summed E-state index contributed by atoms with van der Waals surface area (Å²) < 4.78 is 0.988. The third kappa shape index (κ3) is 3.36. The van der Waals surface area contributed by atoms with Gasteiger partial charge in [0.2, 0.25) is 11.8 Å². The van der Waals surface area contributed by atoms with Gasteiger partial charge in [0, 0.05) is 28.8 Å². The van der Waals surface area contributed by atoms with Crippen molar-refractivity contribution in [1.29, 1.82) is 0 Å². The zero-order chi connectivity index (χ0) is 17.3. The highest BCUT2D eigenvalue weighted by Crippen LogP contribution is 2.28. The quantitative estimate of drug-likeness (QED) is 0.864. The molecular formula is C19H19BrN2O2. The zero-order valence-corrected chi connectivity index (χ0v) is 15.3. The van der Waals surface area contributed by atoms with Crippen molar-refractivity contribution in [2.24, 2.45) is 5.92 Å². The molecule has 0 aromatic heterocycles.